The molecule has 59 heteroatoms. The van der Waals surface area contributed by atoms with Crippen molar-refractivity contribution in [3.05, 3.63) is 66.2 Å². The van der Waals surface area contributed by atoms with E-state index in [0.29, 0.717) is 64.5 Å². The number of benzene rings is 2. The third-order valence-electron chi connectivity index (χ3n) is 22.3. The summed E-state index contributed by atoms with van der Waals surface area (Å²) in [5, 5.41) is 75.3. The zero-order chi connectivity index (χ0) is 113. The van der Waals surface area contributed by atoms with E-state index in [9.17, 15) is 130 Å². The SMILES string of the molecule is CC(=O)N[C@H]1[C@H](OC2[C@@H](COC(C)=O)O[C@H](OCc3ccccc3)[C@H](NC(C)=O)[C@H]2O[C@H](C)C(=O)N[C@@H](C)C(=O)OCCS(=O)(=O)c2ccccc2)O[C@H](COC(C)=O)[C@@H](OC(C)=O)[C@@H]1OC(C)=O.COCCCC[C@H](NC(=O)CCCN)C(=O)OC.COCCCC[C@H](NC(=O)CCCNC(=O)[C@H](C)NC(=O)[C@@H](C)O[C@H]1C(O[C@@H]2O[C@H](CO)[C@@H](O)[C@H](O)[C@H]2NC(C)=O)[C@@H](CO)O[C@H](OP(=O)([O-])P(=O)([O-])OC)[C@@H]1NC(C)=O)C(=O)[O-]. The summed E-state index contributed by atoms with van der Waals surface area (Å²) in [5.74, 6) is -13.2. The Bertz CT molecular complexity index is 4890. The number of nitrogens with two attached hydrogens (primary N) is 1. The van der Waals surface area contributed by atoms with Crippen LogP contribution in [0.5, 0.6) is 0 Å². The van der Waals surface area contributed by atoms with Gasteiger partial charge in [0.15, 0.2) is 47.2 Å². The molecule has 0 aliphatic carbocycles. The van der Waals surface area contributed by atoms with Crippen LogP contribution < -0.4 is 68.5 Å². The first kappa shape index (κ1) is 132. The molecule has 0 radical (unpaired) electrons. The van der Waals surface area contributed by atoms with E-state index in [1.54, 1.807) is 55.6 Å². The molecular weight excluding hydrogens is 2060 g/mol. The average Bonchev–Trinajstić information content (AvgIpc) is 0.762. The van der Waals surface area contributed by atoms with Crippen LogP contribution in [0.25, 0.3) is 0 Å². The Kier molecular flexibility index (Phi) is 58.5. The minimum atomic E-state index is -6.10. The largest absolute Gasteiger partial charge is 0.772 e. The maximum atomic E-state index is 13.9. The first-order valence-corrected chi connectivity index (χ1v) is 53.0. The van der Waals surface area contributed by atoms with Crippen LogP contribution >= 0.6 is 14.6 Å². The zero-order valence-electron chi connectivity index (χ0n) is 85.9. The molecule has 150 heavy (non-hydrogen) atoms. The lowest BCUT2D eigenvalue weighted by Gasteiger charge is -2.50. The number of carboxylic acid groups (broad SMARTS) is 1. The molecule has 28 atom stereocenters. The summed E-state index contributed by atoms with van der Waals surface area (Å²) in [4.78, 5) is 225. The highest BCUT2D eigenvalue weighted by molar-refractivity contribution is 8.25. The van der Waals surface area contributed by atoms with Gasteiger partial charge < -0.3 is 179 Å². The Balaban J connectivity index is 0.000000537. The van der Waals surface area contributed by atoms with Crippen LogP contribution in [0, 0.1) is 0 Å². The number of unbranched alkanes of at least 4 members (excludes halogenated alkanes) is 2. The van der Waals surface area contributed by atoms with Crippen molar-refractivity contribution in [1.29, 1.82) is 0 Å². The van der Waals surface area contributed by atoms with E-state index < -0.39 is 311 Å². The number of carbonyl (C=O) groups excluding carboxylic acids is 16. The van der Waals surface area contributed by atoms with Crippen molar-refractivity contribution in [3.8, 4) is 0 Å². The van der Waals surface area contributed by atoms with E-state index in [0.717, 1.165) is 68.2 Å². The fourth-order valence-corrected chi connectivity index (χ4v) is 18.1. The molecule has 850 valence electrons. The summed E-state index contributed by atoms with van der Waals surface area (Å²) in [6, 6.07) is 5.43. The Morgan fingerprint density at radius 1 is 0.467 bits per heavy atom. The van der Waals surface area contributed by atoms with Gasteiger partial charge in [-0.25, -0.2) is 18.0 Å². The highest BCUT2D eigenvalue weighted by Crippen LogP contribution is 2.73. The van der Waals surface area contributed by atoms with Crippen molar-refractivity contribution in [3.63, 3.8) is 0 Å². The first-order chi connectivity index (χ1) is 70.6. The number of rotatable bonds is 58. The van der Waals surface area contributed by atoms with Gasteiger partial charge in [-0.2, -0.15) is 0 Å². The third kappa shape index (κ3) is 44.7. The molecule has 4 aliphatic heterocycles. The van der Waals surface area contributed by atoms with Crippen molar-refractivity contribution in [2.24, 2.45) is 5.73 Å². The minimum Gasteiger partial charge on any atom is -0.772 e. The summed E-state index contributed by atoms with van der Waals surface area (Å²) >= 11 is 0. The summed E-state index contributed by atoms with van der Waals surface area (Å²) in [7, 11) is -10.8. The van der Waals surface area contributed by atoms with Crippen molar-refractivity contribution in [2.75, 3.05) is 93.5 Å². The minimum absolute atomic E-state index is 0.0297. The molecule has 4 heterocycles. The van der Waals surface area contributed by atoms with Gasteiger partial charge >= 0.3 is 35.8 Å². The molecule has 4 aliphatic rings. The molecule has 4 unspecified atom stereocenters. The number of hydrogen-bond acceptors (Lipinski definition) is 47. The van der Waals surface area contributed by atoms with Crippen LogP contribution in [-0.2, 0) is 192 Å². The van der Waals surface area contributed by atoms with Crippen molar-refractivity contribution >= 4 is 119 Å². The summed E-state index contributed by atoms with van der Waals surface area (Å²) in [5.41, 5.74) is 6.00. The molecule has 0 spiro atoms. The molecule has 9 amide bonds. The van der Waals surface area contributed by atoms with Crippen molar-refractivity contribution in [2.45, 2.75) is 318 Å². The van der Waals surface area contributed by atoms with E-state index in [4.69, 9.17) is 86.0 Å². The molecule has 4 fully saturated rings. The number of amides is 9. The number of carboxylic acids is 1. The zero-order valence-corrected chi connectivity index (χ0v) is 88.6. The van der Waals surface area contributed by atoms with Gasteiger partial charge in [0, 0.05) is 109 Å². The van der Waals surface area contributed by atoms with Gasteiger partial charge in [-0.1, -0.05) is 48.5 Å². The van der Waals surface area contributed by atoms with Crippen molar-refractivity contribution < 1.29 is 219 Å². The fourth-order valence-electron chi connectivity index (χ4n) is 15.0. The van der Waals surface area contributed by atoms with Crippen LogP contribution in [0.1, 0.15) is 153 Å². The van der Waals surface area contributed by atoms with Gasteiger partial charge in [0.1, 0.15) is 135 Å². The van der Waals surface area contributed by atoms with Crippen LogP contribution in [0.4, 0.5) is 0 Å². The molecule has 0 aromatic heterocycles. The van der Waals surface area contributed by atoms with Crippen LogP contribution in [0.2, 0.25) is 0 Å². The third-order valence-corrected chi connectivity index (χ3v) is 28.1. The lowest BCUT2D eigenvalue weighted by molar-refractivity contribution is -0.339. The quantitative estimate of drug-likeness (QED) is 0.0127. The lowest BCUT2D eigenvalue weighted by Crippen LogP contribution is -2.71. The summed E-state index contributed by atoms with van der Waals surface area (Å²) < 4.78 is 156. The number of methoxy groups -OCH3 is 3. The number of aliphatic hydroxyl groups excluding tert-OH is 4. The number of sulfone groups is 1. The van der Waals surface area contributed by atoms with Gasteiger partial charge in [-0.15, -0.1) is 0 Å². The smallest absolute Gasteiger partial charge is 0.328 e. The molecule has 0 saturated carbocycles. The number of nitrogens with one attached hydrogen (secondary N) is 9. The molecule has 6 rings (SSSR count). The van der Waals surface area contributed by atoms with Crippen LogP contribution in [0.15, 0.2) is 65.6 Å². The predicted octanol–water partition coefficient (Wildman–Crippen LogP) is -6.02. The second-order valence-electron chi connectivity index (χ2n) is 34.5. The van der Waals surface area contributed by atoms with Gasteiger partial charge in [0.25, 0.3) is 0 Å². The topological polar surface area (TPSA) is 801 Å². The Morgan fingerprint density at radius 3 is 1.39 bits per heavy atom. The number of ether oxygens (including phenoxy) is 17. The monoisotopic (exact) mass is 2200 g/mol. The van der Waals surface area contributed by atoms with E-state index in [-0.39, 0.29) is 43.2 Å². The summed E-state index contributed by atoms with van der Waals surface area (Å²) in [6.07, 6.45) is -26.4. The van der Waals surface area contributed by atoms with Gasteiger partial charge in [-0.05, 0) is 103 Å². The first-order valence-electron chi connectivity index (χ1n) is 47.6. The molecule has 0 bridgehead atoms. The Labute approximate surface area is 865 Å². The number of carbonyl (C=O) groups is 16. The van der Waals surface area contributed by atoms with Crippen LogP contribution in [0.3, 0.4) is 0 Å². The lowest BCUT2D eigenvalue weighted by atomic mass is 9.93. The van der Waals surface area contributed by atoms with Gasteiger partial charge in [-0.3, -0.25) is 76.0 Å². The fraction of sp³-hybridized carbons (Fsp3) is 0.692. The highest BCUT2D eigenvalue weighted by atomic mass is 32.2. The molecule has 4 saturated heterocycles. The standard InChI is InChI=1S/C45H59N3O20S.C34H61N5O22P2.C12H24N2O4/c1-24(43(56)59-19-20-69(57,58)33-17-13-10-14-18-33)46-42(55)25(2)63-40-36(47-26(3)49)44(62-21-32-15-11-9-12-16-32)66-35(23-61-29(6)52)39(40)68-45-37(48-27(4)50)41(65-31(8)54)38(64-30(7)53)34(67-45)22-60-28(5)51;1-16(30(47)35-12-9-11-23(44)39-20(32(49)50)10-7-8-13-55-5)36-31(48)17(2)57-29-25(38-19(4)43)34(61-63(53,54)62(51,52)56-6)59-22(15-41)28(29)60-33-24(37-18(3)42)27(46)26(45)21(14-40)58-33;1-17-9-4-3-6-10(12(16)18-2)14-11(15)7-5-8-13/h9-18,24-25,34-41,44-45H,19-23H2,1-8H3,(H,46,55)(H,47,49)(H,48,50);16-17,20-22,24-29,33-34,40-41,45-46H,7-15H2,1-6H3,(H,35,47)(H,36,48)(H,37,42)(H,38,43)(H,39,44)(H,49,50)(H,51,52)(H,53,54);10H,3-9,13H2,1-2H3,(H,14,15)/p-3/t24-,25+,34+,35+,36+,37+,38+,39?,40+,41+,44-,45-;16-,17+,20-,21+,22+,24+,25+,26+,27+,28?,29+,33-,34+;10-/m000/s1. The maximum Gasteiger partial charge on any atom is 0.328 e. The van der Waals surface area contributed by atoms with Crippen molar-refractivity contribution in [1.82, 2.24) is 47.9 Å². The van der Waals surface area contributed by atoms with Gasteiger partial charge in [0.2, 0.25) is 67.7 Å². The molecule has 15 N–H and O–H groups in total. The van der Waals surface area contributed by atoms with E-state index in [1.807, 2.05) is 0 Å². The van der Waals surface area contributed by atoms with E-state index >= 15 is 0 Å². The number of esters is 6. The molecule has 2 aromatic rings. The number of aliphatic hydroxyl groups is 4. The molecular formula is C91H141N10O46P2S-3. The molecule has 56 nitrogen and oxygen atoms in total. The van der Waals surface area contributed by atoms with Gasteiger partial charge in [0.05, 0.1) is 49.6 Å². The Hall–Kier alpha value is -10.4. The number of hydrogen-bond donors (Lipinski definition) is 14. The van der Waals surface area contributed by atoms with E-state index in [1.165, 1.54) is 54.0 Å². The highest BCUT2D eigenvalue weighted by Gasteiger charge is 2.59. The predicted molar refractivity (Wildman–Crippen MR) is 506 cm³/mol. The van der Waals surface area contributed by atoms with Crippen LogP contribution in [-0.4, -0.2) is 376 Å². The maximum absolute atomic E-state index is 13.9. The number of aliphatic carboxylic acids is 1. The second-order valence-corrected chi connectivity index (χ2v) is 42.0. The summed E-state index contributed by atoms with van der Waals surface area (Å²) in [6.45, 7) is 11.2. The normalized spacial score (nSPS) is 25.4. The van der Waals surface area contributed by atoms with E-state index in [2.05, 4.69) is 57.1 Å². The Morgan fingerprint density at radius 2 is 0.907 bits per heavy atom. The molecule has 2 aromatic carbocycles. The average molecular weight is 2210 g/mol. The second kappa shape index (κ2) is 66.5.